The van der Waals surface area contributed by atoms with Crippen molar-refractivity contribution >= 4 is 0 Å². The Morgan fingerprint density at radius 1 is 0.613 bits per heavy atom. The SMILES string of the molecule is CCC1CCCC(N(C2CCC(C)CC2)C2CCC(CCC3CCC(O)CC3)CC2)C1. The van der Waals surface area contributed by atoms with E-state index in [1.54, 1.807) is 0 Å². The van der Waals surface area contributed by atoms with Crippen molar-refractivity contribution in [3.63, 3.8) is 0 Å². The van der Waals surface area contributed by atoms with Gasteiger partial charge in [0.1, 0.15) is 0 Å². The number of nitrogens with zero attached hydrogens (tertiary/aromatic N) is 1. The molecule has 2 heteroatoms. The molecule has 4 aliphatic carbocycles. The highest BCUT2D eigenvalue weighted by Crippen LogP contribution is 2.41. The molecule has 2 unspecified atom stereocenters. The molecule has 0 saturated heterocycles. The summed E-state index contributed by atoms with van der Waals surface area (Å²) in [7, 11) is 0. The van der Waals surface area contributed by atoms with Gasteiger partial charge in [-0.25, -0.2) is 0 Å². The molecular formula is C29H53NO. The fraction of sp³-hybridized carbons (Fsp3) is 1.00. The Labute approximate surface area is 193 Å². The lowest BCUT2D eigenvalue weighted by atomic mass is 9.76. The Morgan fingerprint density at radius 2 is 1.16 bits per heavy atom. The van der Waals surface area contributed by atoms with Gasteiger partial charge < -0.3 is 5.11 Å². The van der Waals surface area contributed by atoms with Crippen LogP contribution in [0.1, 0.15) is 136 Å². The molecule has 0 amide bonds. The molecule has 4 rings (SSSR count). The predicted molar refractivity (Wildman–Crippen MR) is 132 cm³/mol. The van der Waals surface area contributed by atoms with Gasteiger partial charge in [-0.2, -0.15) is 0 Å². The topological polar surface area (TPSA) is 23.5 Å². The van der Waals surface area contributed by atoms with E-state index in [2.05, 4.69) is 18.7 Å². The minimum Gasteiger partial charge on any atom is -0.393 e. The van der Waals surface area contributed by atoms with Crippen LogP contribution in [0.25, 0.3) is 0 Å². The quantitative estimate of drug-likeness (QED) is 0.446. The maximum absolute atomic E-state index is 9.78. The van der Waals surface area contributed by atoms with Crippen molar-refractivity contribution in [2.24, 2.45) is 23.7 Å². The molecule has 4 aliphatic rings. The summed E-state index contributed by atoms with van der Waals surface area (Å²) in [4.78, 5) is 3.16. The molecule has 180 valence electrons. The summed E-state index contributed by atoms with van der Waals surface area (Å²) in [6, 6.07) is 2.68. The molecule has 4 fully saturated rings. The van der Waals surface area contributed by atoms with Gasteiger partial charge in [-0.3, -0.25) is 4.90 Å². The van der Waals surface area contributed by atoms with Crippen molar-refractivity contribution in [1.29, 1.82) is 0 Å². The lowest BCUT2D eigenvalue weighted by Gasteiger charge is -2.49. The van der Waals surface area contributed by atoms with Gasteiger partial charge in [0, 0.05) is 18.1 Å². The fourth-order valence-corrected chi connectivity index (χ4v) is 7.98. The third-order valence-electron chi connectivity index (χ3n) is 10.2. The minimum absolute atomic E-state index is 0.00698. The van der Waals surface area contributed by atoms with E-state index >= 15 is 0 Å². The summed E-state index contributed by atoms with van der Waals surface area (Å²) in [5, 5.41) is 9.78. The molecule has 0 heterocycles. The van der Waals surface area contributed by atoms with E-state index in [0.717, 1.165) is 54.6 Å². The van der Waals surface area contributed by atoms with Crippen LogP contribution in [0.4, 0.5) is 0 Å². The third kappa shape index (κ3) is 6.72. The fourth-order valence-electron chi connectivity index (χ4n) is 7.98. The molecule has 0 aliphatic heterocycles. The second-order valence-corrected chi connectivity index (χ2v) is 12.4. The number of aliphatic hydroxyl groups is 1. The van der Waals surface area contributed by atoms with Gasteiger partial charge in [0.25, 0.3) is 0 Å². The van der Waals surface area contributed by atoms with E-state index < -0.39 is 0 Å². The molecule has 2 atom stereocenters. The molecule has 31 heavy (non-hydrogen) atoms. The molecule has 2 nitrogen and oxygen atoms in total. The van der Waals surface area contributed by atoms with E-state index in [1.807, 2.05) is 0 Å². The van der Waals surface area contributed by atoms with E-state index in [0.29, 0.717) is 0 Å². The first-order chi connectivity index (χ1) is 15.1. The average Bonchev–Trinajstić information content (AvgIpc) is 2.81. The van der Waals surface area contributed by atoms with Gasteiger partial charge >= 0.3 is 0 Å². The highest BCUT2D eigenvalue weighted by atomic mass is 16.3. The maximum Gasteiger partial charge on any atom is 0.0540 e. The number of rotatable bonds is 7. The molecule has 4 saturated carbocycles. The van der Waals surface area contributed by atoms with Crippen LogP contribution in [0.3, 0.4) is 0 Å². The number of hydrogen-bond acceptors (Lipinski definition) is 2. The molecule has 0 aromatic rings. The van der Waals surface area contributed by atoms with Gasteiger partial charge in [-0.05, 0) is 114 Å². The van der Waals surface area contributed by atoms with Crippen molar-refractivity contribution in [2.75, 3.05) is 0 Å². The third-order valence-corrected chi connectivity index (χ3v) is 10.2. The Hall–Kier alpha value is -0.0800. The first-order valence-corrected chi connectivity index (χ1v) is 14.6. The molecule has 0 aromatic carbocycles. The van der Waals surface area contributed by atoms with Crippen molar-refractivity contribution in [3.05, 3.63) is 0 Å². The molecule has 1 N–H and O–H groups in total. The maximum atomic E-state index is 9.78. The van der Waals surface area contributed by atoms with E-state index in [4.69, 9.17) is 0 Å². The summed E-state index contributed by atoms with van der Waals surface area (Å²) in [5.41, 5.74) is 0. The van der Waals surface area contributed by atoms with Crippen molar-refractivity contribution < 1.29 is 5.11 Å². The Kier molecular flexibility index (Phi) is 9.21. The van der Waals surface area contributed by atoms with Crippen molar-refractivity contribution in [2.45, 2.75) is 160 Å². The van der Waals surface area contributed by atoms with E-state index in [1.165, 1.54) is 109 Å². The Balaban J connectivity index is 1.30. The summed E-state index contributed by atoms with van der Waals surface area (Å²) in [5.74, 6) is 3.86. The standard InChI is InChI=1S/C29H53NO/c1-3-23-5-4-6-28(21-23)30(26-15-7-22(2)8-16-26)27-17-11-24(12-18-27)9-10-25-13-19-29(31)20-14-25/h22-29,31H,3-21H2,1-2H3. The lowest BCUT2D eigenvalue weighted by molar-refractivity contribution is 0.000522. The minimum atomic E-state index is 0.00698. The summed E-state index contributed by atoms with van der Waals surface area (Å²) >= 11 is 0. The van der Waals surface area contributed by atoms with Crippen molar-refractivity contribution in [1.82, 2.24) is 4.90 Å². The molecule has 0 spiro atoms. The zero-order valence-corrected chi connectivity index (χ0v) is 20.9. The number of aliphatic hydroxyl groups excluding tert-OH is 1. The zero-order chi connectivity index (χ0) is 21.6. The van der Waals surface area contributed by atoms with Crippen LogP contribution in [0.2, 0.25) is 0 Å². The van der Waals surface area contributed by atoms with Gasteiger partial charge in [0.05, 0.1) is 6.10 Å². The smallest absolute Gasteiger partial charge is 0.0540 e. The van der Waals surface area contributed by atoms with Crippen LogP contribution >= 0.6 is 0 Å². The average molecular weight is 432 g/mol. The lowest BCUT2D eigenvalue weighted by Crippen LogP contribution is -2.53. The highest BCUT2D eigenvalue weighted by Gasteiger charge is 2.38. The van der Waals surface area contributed by atoms with E-state index in [9.17, 15) is 5.11 Å². The first-order valence-electron chi connectivity index (χ1n) is 14.6. The summed E-state index contributed by atoms with van der Waals surface area (Å²) in [6.45, 7) is 4.91. The van der Waals surface area contributed by atoms with Crippen LogP contribution in [-0.4, -0.2) is 34.2 Å². The van der Waals surface area contributed by atoms with Crippen LogP contribution in [-0.2, 0) is 0 Å². The summed E-state index contributed by atoms with van der Waals surface area (Å²) < 4.78 is 0. The molecular weight excluding hydrogens is 378 g/mol. The van der Waals surface area contributed by atoms with Crippen molar-refractivity contribution in [3.8, 4) is 0 Å². The van der Waals surface area contributed by atoms with Crippen LogP contribution in [0, 0.1) is 23.7 Å². The van der Waals surface area contributed by atoms with Gasteiger partial charge in [0.2, 0.25) is 0 Å². The monoisotopic (exact) mass is 431 g/mol. The molecule has 0 aromatic heterocycles. The first kappa shape index (κ1) is 24.1. The molecule has 0 radical (unpaired) electrons. The largest absolute Gasteiger partial charge is 0.393 e. The van der Waals surface area contributed by atoms with E-state index in [-0.39, 0.29) is 6.10 Å². The predicted octanol–water partition coefficient (Wildman–Crippen LogP) is 7.73. The highest BCUT2D eigenvalue weighted by molar-refractivity contribution is 4.92. The van der Waals surface area contributed by atoms with Gasteiger partial charge in [0.15, 0.2) is 0 Å². The summed E-state index contributed by atoms with van der Waals surface area (Å²) in [6.07, 6.45) is 26.8. The van der Waals surface area contributed by atoms with Crippen LogP contribution in [0.15, 0.2) is 0 Å². The number of hydrogen-bond donors (Lipinski definition) is 1. The van der Waals surface area contributed by atoms with Gasteiger partial charge in [-0.15, -0.1) is 0 Å². The van der Waals surface area contributed by atoms with Crippen LogP contribution < -0.4 is 0 Å². The molecule has 0 bridgehead atoms. The second-order valence-electron chi connectivity index (χ2n) is 12.4. The van der Waals surface area contributed by atoms with Gasteiger partial charge in [-0.1, -0.05) is 46.0 Å². The second kappa shape index (κ2) is 11.9. The normalized spacial score (nSPS) is 42.6. The zero-order valence-electron chi connectivity index (χ0n) is 20.9. The van der Waals surface area contributed by atoms with Crippen LogP contribution in [0.5, 0.6) is 0 Å². The Bertz CT molecular complexity index is 497. The Morgan fingerprint density at radius 3 is 1.74 bits per heavy atom.